The van der Waals surface area contributed by atoms with Gasteiger partial charge in [0, 0.05) is 18.1 Å². The number of carbonyl (C=O) groups is 2. The Kier molecular flexibility index (Phi) is 4.29. The predicted octanol–water partition coefficient (Wildman–Crippen LogP) is 2.49. The van der Waals surface area contributed by atoms with Gasteiger partial charge < -0.3 is 10.6 Å². The third-order valence-electron chi connectivity index (χ3n) is 3.40. The van der Waals surface area contributed by atoms with Crippen molar-refractivity contribution in [2.45, 2.75) is 6.54 Å². The fourth-order valence-corrected chi connectivity index (χ4v) is 2.25. The summed E-state index contributed by atoms with van der Waals surface area (Å²) in [6, 6.07) is 18.4. The third-order valence-corrected chi connectivity index (χ3v) is 3.40. The van der Waals surface area contributed by atoms with E-state index in [0.29, 0.717) is 12.2 Å². The zero-order valence-electron chi connectivity index (χ0n) is 12.3. The molecule has 0 bridgehead atoms. The van der Waals surface area contributed by atoms with E-state index >= 15 is 0 Å². The van der Waals surface area contributed by atoms with Crippen LogP contribution >= 0.6 is 0 Å². The van der Waals surface area contributed by atoms with Crippen LogP contribution in [0.4, 0.5) is 5.69 Å². The summed E-state index contributed by atoms with van der Waals surface area (Å²) >= 11 is 0. The zero-order chi connectivity index (χ0) is 16.1. The van der Waals surface area contributed by atoms with Gasteiger partial charge in [0.2, 0.25) is 0 Å². The molecule has 0 atom stereocenters. The Balaban J connectivity index is 1.67. The van der Waals surface area contributed by atoms with E-state index in [1.807, 2.05) is 42.5 Å². The van der Waals surface area contributed by atoms with E-state index < -0.39 is 11.8 Å². The summed E-state index contributed by atoms with van der Waals surface area (Å²) in [5.41, 5.74) is 2.26. The van der Waals surface area contributed by atoms with Gasteiger partial charge in [0.1, 0.15) is 0 Å². The van der Waals surface area contributed by atoms with Crippen molar-refractivity contribution < 1.29 is 9.59 Å². The molecule has 23 heavy (non-hydrogen) atoms. The van der Waals surface area contributed by atoms with Gasteiger partial charge in [0.05, 0.1) is 11.2 Å². The highest BCUT2D eigenvalue weighted by Gasteiger charge is 2.14. The fraction of sp³-hybridized carbons (Fsp3) is 0.0556. The minimum absolute atomic E-state index is 0.310. The summed E-state index contributed by atoms with van der Waals surface area (Å²) in [4.78, 5) is 28.2. The lowest BCUT2D eigenvalue weighted by Crippen LogP contribution is -2.35. The van der Waals surface area contributed by atoms with E-state index in [1.165, 1.54) is 0 Å². The third kappa shape index (κ3) is 3.52. The molecule has 3 aromatic rings. The average Bonchev–Trinajstić information content (AvgIpc) is 2.61. The number of hydrogen-bond donors (Lipinski definition) is 2. The normalized spacial score (nSPS) is 10.3. The molecule has 0 saturated carbocycles. The average molecular weight is 305 g/mol. The van der Waals surface area contributed by atoms with Crippen LogP contribution in [-0.4, -0.2) is 16.8 Å². The van der Waals surface area contributed by atoms with Crippen LogP contribution in [0, 0.1) is 0 Å². The van der Waals surface area contributed by atoms with Crippen molar-refractivity contribution in [3.05, 3.63) is 72.4 Å². The second-order valence-electron chi connectivity index (χ2n) is 5.00. The van der Waals surface area contributed by atoms with Gasteiger partial charge in [-0.1, -0.05) is 36.4 Å². The number of rotatable bonds is 3. The van der Waals surface area contributed by atoms with Crippen LogP contribution in [0.1, 0.15) is 5.56 Å². The van der Waals surface area contributed by atoms with Crippen LogP contribution in [0.25, 0.3) is 10.9 Å². The molecule has 0 aliphatic carbocycles. The van der Waals surface area contributed by atoms with Crippen LogP contribution in [0.15, 0.2) is 66.9 Å². The summed E-state index contributed by atoms with van der Waals surface area (Å²) < 4.78 is 0. The van der Waals surface area contributed by atoms with Gasteiger partial charge in [0.25, 0.3) is 0 Å². The van der Waals surface area contributed by atoms with E-state index in [4.69, 9.17) is 0 Å². The molecular formula is C18H15N3O2. The molecule has 5 heteroatoms. The highest BCUT2D eigenvalue weighted by atomic mass is 16.2. The van der Waals surface area contributed by atoms with Gasteiger partial charge >= 0.3 is 11.8 Å². The molecule has 3 rings (SSSR count). The quantitative estimate of drug-likeness (QED) is 0.730. The Hall–Kier alpha value is -3.21. The molecule has 0 saturated heterocycles. The van der Waals surface area contributed by atoms with Crippen LogP contribution in [0.5, 0.6) is 0 Å². The minimum Gasteiger partial charge on any atom is -0.344 e. The maximum Gasteiger partial charge on any atom is 0.313 e. The Labute approximate surface area is 133 Å². The first-order valence-electron chi connectivity index (χ1n) is 7.21. The molecule has 1 aromatic heterocycles. The van der Waals surface area contributed by atoms with Crippen molar-refractivity contribution in [3.8, 4) is 0 Å². The number of anilines is 1. The summed E-state index contributed by atoms with van der Waals surface area (Å²) in [5, 5.41) is 6.02. The van der Waals surface area contributed by atoms with Gasteiger partial charge in [-0.3, -0.25) is 14.6 Å². The van der Waals surface area contributed by atoms with E-state index in [0.717, 1.165) is 16.5 Å². The van der Waals surface area contributed by atoms with Gasteiger partial charge in [-0.2, -0.15) is 0 Å². The fourth-order valence-electron chi connectivity index (χ4n) is 2.25. The lowest BCUT2D eigenvalue weighted by atomic mass is 10.2. The number of carbonyl (C=O) groups excluding carboxylic acids is 2. The second kappa shape index (κ2) is 6.70. The molecular weight excluding hydrogens is 290 g/mol. The topological polar surface area (TPSA) is 71.1 Å². The standard InChI is InChI=1S/C18H15N3O2/c22-17(20-12-13-6-2-1-3-7-13)18(23)21-16-10-4-9-15-14(16)8-5-11-19-15/h1-11H,12H2,(H,20,22)(H,21,23). The Bertz CT molecular complexity index is 842. The highest BCUT2D eigenvalue weighted by Crippen LogP contribution is 2.21. The number of fused-ring (bicyclic) bond motifs is 1. The van der Waals surface area contributed by atoms with Crippen molar-refractivity contribution in [1.82, 2.24) is 10.3 Å². The van der Waals surface area contributed by atoms with Gasteiger partial charge in [-0.05, 0) is 29.8 Å². The Morgan fingerprint density at radius 3 is 2.52 bits per heavy atom. The first-order valence-corrected chi connectivity index (χ1v) is 7.21. The largest absolute Gasteiger partial charge is 0.344 e. The van der Waals surface area contributed by atoms with Crippen LogP contribution in [0.3, 0.4) is 0 Å². The molecule has 2 aromatic carbocycles. The Morgan fingerprint density at radius 1 is 0.870 bits per heavy atom. The summed E-state index contributed by atoms with van der Waals surface area (Å²) in [7, 11) is 0. The number of pyridine rings is 1. The van der Waals surface area contributed by atoms with E-state index in [9.17, 15) is 9.59 Å². The first-order chi connectivity index (χ1) is 11.2. The Morgan fingerprint density at radius 2 is 1.70 bits per heavy atom. The lowest BCUT2D eigenvalue weighted by molar-refractivity contribution is -0.136. The summed E-state index contributed by atoms with van der Waals surface area (Å²) in [6.07, 6.45) is 1.68. The first kappa shape index (κ1) is 14.7. The van der Waals surface area contributed by atoms with Crippen LogP contribution in [0.2, 0.25) is 0 Å². The molecule has 0 fully saturated rings. The number of nitrogens with one attached hydrogen (secondary N) is 2. The smallest absolute Gasteiger partial charge is 0.313 e. The number of amides is 2. The zero-order valence-corrected chi connectivity index (χ0v) is 12.3. The van der Waals surface area contributed by atoms with Crippen molar-refractivity contribution in [1.29, 1.82) is 0 Å². The molecule has 114 valence electrons. The van der Waals surface area contributed by atoms with Crippen LogP contribution in [-0.2, 0) is 16.1 Å². The molecule has 0 radical (unpaired) electrons. The van der Waals surface area contributed by atoms with Gasteiger partial charge in [0.15, 0.2) is 0 Å². The monoisotopic (exact) mass is 305 g/mol. The second-order valence-corrected chi connectivity index (χ2v) is 5.00. The van der Waals surface area contributed by atoms with Gasteiger partial charge in [-0.15, -0.1) is 0 Å². The van der Waals surface area contributed by atoms with E-state index in [2.05, 4.69) is 15.6 Å². The number of aromatic nitrogens is 1. The molecule has 2 N–H and O–H groups in total. The van der Waals surface area contributed by atoms with E-state index in [-0.39, 0.29) is 0 Å². The predicted molar refractivity (Wildman–Crippen MR) is 88.7 cm³/mol. The highest BCUT2D eigenvalue weighted by molar-refractivity contribution is 6.40. The SMILES string of the molecule is O=C(NCc1ccccc1)C(=O)Nc1cccc2ncccc12. The number of benzene rings is 2. The van der Waals surface area contributed by atoms with Crippen LogP contribution < -0.4 is 10.6 Å². The molecule has 0 aliphatic rings. The van der Waals surface area contributed by atoms with Crippen molar-refractivity contribution in [3.63, 3.8) is 0 Å². The minimum atomic E-state index is -0.697. The van der Waals surface area contributed by atoms with Crippen molar-refractivity contribution in [2.75, 3.05) is 5.32 Å². The molecule has 2 amide bonds. The number of hydrogen-bond acceptors (Lipinski definition) is 3. The summed E-state index contributed by atoms with van der Waals surface area (Å²) in [6.45, 7) is 0.310. The molecule has 1 heterocycles. The molecule has 0 spiro atoms. The maximum atomic E-state index is 12.0. The maximum absolute atomic E-state index is 12.0. The van der Waals surface area contributed by atoms with Crippen molar-refractivity contribution >= 4 is 28.4 Å². The molecule has 0 unspecified atom stereocenters. The lowest BCUT2D eigenvalue weighted by Gasteiger charge is -2.08. The van der Waals surface area contributed by atoms with Gasteiger partial charge in [-0.25, -0.2) is 0 Å². The molecule has 5 nitrogen and oxygen atoms in total. The van der Waals surface area contributed by atoms with Crippen molar-refractivity contribution in [2.24, 2.45) is 0 Å². The molecule has 0 aliphatic heterocycles. The van der Waals surface area contributed by atoms with E-state index in [1.54, 1.807) is 24.4 Å². The number of nitrogens with zero attached hydrogens (tertiary/aromatic N) is 1. The summed E-state index contributed by atoms with van der Waals surface area (Å²) in [5.74, 6) is -1.37.